The van der Waals surface area contributed by atoms with Gasteiger partial charge in [-0.15, -0.1) is 0 Å². The standard InChI is InChI=1S/C79H119N17O22/c1-43(2)38-57(74(112)88-52(24-14-17-35-80)70(108)90-55(31-33-62(98)99)69(107)84-46(6)68(106)95-61(79(117)118)41-49-22-12-9-13-23-49)92-71(109)53(25-15-18-36-81)87-72(110)56(32-34-63(100)101)86-67(105)47(7)85-78(116)65(44(3)4)96-73(111)54(26-16-19-37-82)89-77(115)60(42-64(102)103)94-76(114)59(40-50-27-29-51(97)30-28-50)93-75(113)58(91-66(104)45(5)83)39-48-20-10-8-11-21-48/h8-13,20-23,27-30,43-47,52-61,65,97H,14-19,24-26,31-42,80-83H2,1-7H3,(H,84,107)(H,85,116)(H,86,105)(H,87,110)(H,88,112)(H,89,115)(H,90,108)(H,91,104)(H,92,109)(H,93,113)(H,94,114)(H,95,106)(H,96,111)(H,98,99)(H,100,101)(H,102,103)(H,117,118)/t45-,46-,47-,52-,53-,54-,55-,56-,57-,58-,59-,60-,61-,65-/m0/s1. The predicted octanol–water partition coefficient (Wildman–Crippen LogP) is -2.51. The first-order chi connectivity index (χ1) is 55.8. The maximum Gasteiger partial charge on any atom is 0.326 e. The number of aromatic hydroxyl groups is 1. The third-order valence-corrected chi connectivity index (χ3v) is 18.6. The first kappa shape index (κ1) is 100. The molecule has 3 rings (SSSR count). The Bertz CT molecular complexity index is 3840. The SMILES string of the molecule is CC(C)C[C@H](NC(=O)[C@H](CCCCN)NC(=O)[C@H](CCC(=O)O)NC(=O)[C@H](C)NC(=O)[C@@H](NC(=O)[C@H](CCCCN)NC(=O)[C@H](CC(=O)O)NC(=O)[C@H](Cc1ccc(O)cc1)NC(=O)[C@H](Cc1ccccc1)NC(=O)[C@H](C)N)C(C)C)C(=O)N[C@@H](CCCCN)C(=O)N[C@@H](CCC(=O)O)C(=O)N[C@@H](C)C(=O)N[C@@H](Cc1ccccc1)C(=O)O. The molecule has 0 spiro atoms. The molecule has 3 aromatic carbocycles. The normalized spacial score (nSPS) is 14.7. The van der Waals surface area contributed by atoms with Gasteiger partial charge in [-0.2, -0.15) is 0 Å². The summed E-state index contributed by atoms with van der Waals surface area (Å²) in [5.41, 5.74) is 24.8. The number of carboxylic acids is 4. The number of nitrogens with two attached hydrogens (primary N) is 4. The van der Waals surface area contributed by atoms with Crippen LogP contribution in [0, 0.1) is 11.8 Å². The Kier molecular flexibility index (Phi) is 45.0. The summed E-state index contributed by atoms with van der Waals surface area (Å²) >= 11 is 0. The average Bonchev–Trinajstić information content (AvgIpc) is 0.861. The van der Waals surface area contributed by atoms with Crippen LogP contribution in [0.15, 0.2) is 84.9 Å². The second kappa shape index (κ2) is 52.8. The number of nitrogens with one attached hydrogen (secondary N) is 13. The number of hydrogen-bond donors (Lipinski definition) is 22. The Morgan fingerprint density at radius 2 is 0.619 bits per heavy atom. The zero-order chi connectivity index (χ0) is 88.3. The van der Waals surface area contributed by atoms with E-state index in [4.69, 9.17) is 22.9 Å². The van der Waals surface area contributed by atoms with Gasteiger partial charge in [-0.25, -0.2) is 4.79 Å². The van der Waals surface area contributed by atoms with Crippen LogP contribution in [-0.4, -0.2) is 230 Å². The van der Waals surface area contributed by atoms with Gasteiger partial charge in [0.2, 0.25) is 76.8 Å². The summed E-state index contributed by atoms with van der Waals surface area (Å²) in [7, 11) is 0. The first-order valence-electron chi connectivity index (χ1n) is 39.3. The number of amides is 13. The minimum Gasteiger partial charge on any atom is -0.508 e. The summed E-state index contributed by atoms with van der Waals surface area (Å²) < 4.78 is 0. The van der Waals surface area contributed by atoms with E-state index in [-0.39, 0.29) is 95.5 Å². The third-order valence-electron chi connectivity index (χ3n) is 18.6. The molecule has 14 atom stereocenters. The fourth-order valence-electron chi connectivity index (χ4n) is 12.0. The van der Waals surface area contributed by atoms with Crippen molar-refractivity contribution in [1.82, 2.24) is 69.1 Å². The Labute approximate surface area is 684 Å². The largest absolute Gasteiger partial charge is 0.508 e. The Hall–Kier alpha value is -11.7. The molecular formula is C79H119N17O22. The van der Waals surface area contributed by atoms with Crippen molar-refractivity contribution in [1.29, 1.82) is 0 Å². The molecule has 118 heavy (non-hydrogen) atoms. The van der Waals surface area contributed by atoms with Crippen LogP contribution >= 0.6 is 0 Å². The van der Waals surface area contributed by atoms with Crippen molar-refractivity contribution in [2.45, 2.75) is 249 Å². The second-order valence-electron chi connectivity index (χ2n) is 29.6. The molecule has 0 bridgehead atoms. The van der Waals surface area contributed by atoms with Gasteiger partial charge < -0.3 is 118 Å². The highest BCUT2D eigenvalue weighted by Gasteiger charge is 2.39. The van der Waals surface area contributed by atoms with Crippen molar-refractivity contribution >= 4 is 101 Å². The molecule has 0 aliphatic carbocycles. The molecule has 0 aromatic heterocycles. The average molecular weight is 1660 g/mol. The lowest BCUT2D eigenvalue weighted by atomic mass is 10.00. The zero-order valence-electron chi connectivity index (χ0n) is 67.7. The van der Waals surface area contributed by atoms with Gasteiger partial charge in [0, 0.05) is 32.1 Å². The summed E-state index contributed by atoms with van der Waals surface area (Å²) in [6.07, 6.45) is -3.04. The van der Waals surface area contributed by atoms with Gasteiger partial charge >= 0.3 is 23.9 Å². The van der Waals surface area contributed by atoms with Gasteiger partial charge in [0.25, 0.3) is 0 Å². The molecule has 0 heterocycles. The highest BCUT2D eigenvalue weighted by molar-refractivity contribution is 6.01. The summed E-state index contributed by atoms with van der Waals surface area (Å²) in [6, 6.07) is 1.17. The Morgan fingerprint density at radius 1 is 0.314 bits per heavy atom. The molecule has 26 N–H and O–H groups in total. The number of hydrogen-bond acceptors (Lipinski definition) is 22. The summed E-state index contributed by atoms with van der Waals surface area (Å²) in [4.78, 5) is 232. The Balaban J connectivity index is 1.89. The molecule has 0 radical (unpaired) electrons. The minimum absolute atomic E-state index is 0.0713. The van der Waals surface area contributed by atoms with Gasteiger partial charge in [0.05, 0.1) is 12.5 Å². The predicted molar refractivity (Wildman–Crippen MR) is 429 cm³/mol. The maximum atomic E-state index is 14.5. The van der Waals surface area contributed by atoms with Gasteiger partial charge in [-0.1, -0.05) is 100 Å². The monoisotopic (exact) mass is 1660 g/mol. The molecule has 39 heteroatoms. The van der Waals surface area contributed by atoms with Crippen LogP contribution in [0.1, 0.15) is 161 Å². The van der Waals surface area contributed by atoms with Crippen molar-refractivity contribution in [2.75, 3.05) is 19.6 Å². The molecular weight excluding hydrogens is 1540 g/mol. The van der Waals surface area contributed by atoms with E-state index in [9.17, 15) is 107 Å². The topological polar surface area (TPSA) is 652 Å². The van der Waals surface area contributed by atoms with E-state index >= 15 is 0 Å². The third kappa shape index (κ3) is 37.9. The van der Waals surface area contributed by atoms with Crippen LogP contribution in [0.3, 0.4) is 0 Å². The number of benzene rings is 3. The molecule has 0 saturated carbocycles. The quantitative estimate of drug-likeness (QED) is 0.0260. The van der Waals surface area contributed by atoms with E-state index in [1.54, 1.807) is 74.5 Å². The van der Waals surface area contributed by atoms with E-state index in [2.05, 4.69) is 69.1 Å². The fourth-order valence-corrected chi connectivity index (χ4v) is 12.0. The molecule has 0 aliphatic heterocycles. The lowest BCUT2D eigenvalue weighted by molar-refractivity contribution is -0.142. The van der Waals surface area contributed by atoms with Crippen molar-refractivity contribution < 1.29 is 107 Å². The first-order valence-corrected chi connectivity index (χ1v) is 39.3. The molecule has 13 amide bonds. The van der Waals surface area contributed by atoms with Crippen LogP contribution in [0.4, 0.5) is 0 Å². The van der Waals surface area contributed by atoms with Crippen LogP contribution in [0.5, 0.6) is 5.75 Å². The van der Waals surface area contributed by atoms with Crippen LogP contribution < -0.4 is 92.1 Å². The molecule has 652 valence electrons. The van der Waals surface area contributed by atoms with E-state index in [1.165, 1.54) is 58.9 Å². The van der Waals surface area contributed by atoms with Gasteiger partial charge in [-0.3, -0.25) is 76.7 Å². The lowest BCUT2D eigenvalue weighted by Crippen LogP contribution is -2.61. The van der Waals surface area contributed by atoms with E-state index in [0.29, 0.717) is 36.0 Å². The highest BCUT2D eigenvalue weighted by Crippen LogP contribution is 2.17. The van der Waals surface area contributed by atoms with Crippen molar-refractivity contribution in [2.24, 2.45) is 34.8 Å². The number of carbonyl (C=O) groups excluding carboxylic acids is 13. The number of phenolic OH excluding ortho intramolecular Hbond substituents is 1. The zero-order valence-corrected chi connectivity index (χ0v) is 67.7. The van der Waals surface area contributed by atoms with Crippen LogP contribution in [-0.2, 0) is 101 Å². The number of phenols is 1. The smallest absolute Gasteiger partial charge is 0.326 e. The highest BCUT2D eigenvalue weighted by atomic mass is 16.4. The molecule has 0 fully saturated rings. The summed E-state index contributed by atoms with van der Waals surface area (Å²) in [5.74, 6) is -19.9. The lowest BCUT2D eigenvalue weighted by Gasteiger charge is -2.29. The second-order valence-corrected chi connectivity index (χ2v) is 29.6. The number of rotatable bonds is 56. The minimum atomic E-state index is -1.94. The van der Waals surface area contributed by atoms with Crippen molar-refractivity contribution in [3.8, 4) is 5.75 Å². The van der Waals surface area contributed by atoms with Gasteiger partial charge in [0.1, 0.15) is 84.3 Å². The maximum absolute atomic E-state index is 14.5. The molecule has 0 unspecified atom stereocenters. The van der Waals surface area contributed by atoms with Crippen LogP contribution in [0.25, 0.3) is 0 Å². The number of carbonyl (C=O) groups is 17. The molecule has 39 nitrogen and oxygen atoms in total. The fraction of sp³-hybridized carbons (Fsp3) is 0.557. The Morgan fingerprint density at radius 3 is 0.992 bits per heavy atom. The summed E-state index contributed by atoms with van der Waals surface area (Å²) in [6.45, 7) is 10.7. The molecule has 0 saturated heterocycles. The van der Waals surface area contributed by atoms with Crippen molar-refractivity contribution in [3.05, 3.63) is 102 Å². The van der Waals surface area contributed by atoms with E-state index < -0.39 is 223 Å². The van der Waals surface area contributed by atoms with E-state index in [1.807, 2.05) is 0 Å². The van der Waals surface area contributed by atoms with Gasteiger partial charge in [0.15, 0.2) is 0 Å². The number of unbranched alkanes of at least 4 members (excludes halogenated alkanes) is 3. The van der Waals surface area contributed by atoms with E-state index in [0.717, 1.165) is 0 Å². The van der Waals surface area contributed by atoms with Crippen LogP contribution in [0.2, 0.25) is 0 Å². The van der Waals surface area contributed by atoms with Gasteiger partial charge in [-0.05, 0) is 158 Å². The molecule has 3 aromatic rings. The summed E-state index contributed by atoms with van der Waals surface area (Å²) in [5, 5.41) is 81.8. The number of carboxylic acid groups (broad SMARTS) is 4. The van der Waals surface area contributed by atoms with Crippen molar-refractivity contribution in [3.63, 3.8) is 0 Å². The number of aliphatic carboxylic acids is 4. The molecule has 0 aliphatic rings.